The molecule has 0 amide bonds. The van der Waals surface area contributed by atoms with Gasteiger partial charge in [-0.15, -0.1) is 0 Å². The number of carbonyl (C=O) groups excluding carboxylic acids is 1. The molecule has 2 aliphatic rings. The van der Waals surface area contributed by atoms with Gasteiger partial charge in [0.2, 0.25) is 0 Å². The quantitative estimate of drug-likeness (QED) is 0.492. The molecule has 1 spiro atoms. The molecule has 0 N–H and O–H groups in total. The Morgan fingerprint density at radius 2 is 1.58 bits per heavy atom. The van der Waals surface area contributed by atoms with Crippen molar-refractivity contribution in [2.45, 2.75) is 25.7 Å². The first kappa shape index (κ1) is 16.7. The van der Waals surface area contributed by atoms with Crippen LogP contribution in [0.1, 0.15) is 36.8 Å². The smallest absolute Gasteiger partial charge is 0.142 e. The molecule has 1 saturated carbocycles. The predicted molar refractivity (Wildman–Crippen MR) is 104 cm³/mol. The van der Waals surface area contributed by atoms with Crippen LogP contribution in [0.2, 0.25) is 0 Å². The molecule has 0 bridgehead atoms. The molecule has 0 saturated heterocycles. The maximum absolute atomic E-state index is 13.4. The zero-order valence-electron chi connectivity index (χ0n) is 14.6. The van der Waals surface area contributed by atoms with Crippen LogP contribution in [0.5, 0.6) is 0 Å². The lowest BCUT2D eigenvalue weighted by molar-refractivity contribution is -0.104. The van der Waals surface area contributed by atoms with Crippen molar-refractivity contribution in [3.8, 4) is 0 Å². The fraction of sp³-hybridized carbons (Fsp3) is 0.208. The van der Waals surface area contributed by atoms with Gasteiger partial charge in [0.15, 0.2) is 0 Å². The Morgan fingerprint density at radius 1 is 0.885 bits per heavy atom. The van der Waals surface area contributed by atoms with E-state index in [0.29, 0.717) is 0 Å². The molecule has 26 heavy (non-hydrogen) atoms. The van der Waals surface area contributed by atoms with Crippen LogP contribution in [0.15, 0.2) is 78.4 Å². The first-order chi connectivity index (χ1) is 12.7. The second kappa shape index (κ2) is 6.87. The van der Waals surface area contributed by atoms with E-state index in [0.717, 1.165) is 30.3 Å². The van der Waals surface area contributed by atoms with Gasteiger partial charge in [-0.05, 0) is 65.0 Å². The van der Waals surface area contributed by atoms with Gasteiger partial charge in [0.05, 0.1) is 0 Å². The number of halogens is 1. The zero-order chi connectivity index (χ0) is 18.0. The molecular formula is C24H21FO. The van der Waals surface area contributed by atoms with Crippen LogP contribution >= 0.6 is 0 Å². The van der Waals surface area contributed by atoms with Gasteiger partial charge in [-0.3, -0.25) is 4.79 Å². The van der Waals surface area contributed by atoms with Crippen molar-refractivity contribution in [2.24, 2.45) is 5.41 Å². The minimum Gasteiger partial charge on any atom is -0.299 e. The number of hydrogen-bond donors (Lipinski definition) is 0. The summed E-state index contributed by atoms with van der Waals surface area (Å²) in [7, 11) is 0. The normalized spacial score (nSPS) is 18.7. The van der Waals surface area contributed by atoms with E-state index in [4.69, 9.17) is 0 Å². The van der Waals surface area contributed by atoms with Crippen LogP contribution in [-0.4, -0.2) is 6.29 Å². The molecule has 2 aliphatic carbocycles. The van der Waals surface area contributed by atoms with Crippen LogP contribution < -0.4 is 0 Å². The number of rotatable bonds is 4. The highest BCUT2D eigenvalue weighted by atomic mass is 19.1. The topological polar surface area (TPSA) is 17.1 Å². The van der Waals surface area contributed by atoms with Crippen molar-refractivity contribution >= 4 is 17.4 Å². The van der Waals surface area contributed by atoms with Crippen LogP contribution in [0.25, 0.3) is 11.1 Å². The SMILES string of the molecule is O=CC=CC1=C(c2ccc(F)cc2)C=C(c2ccccc2)C12CCCC2. The van der Waals surface area contributed by atoms with E-state index in [1.165, 1.54) is 41.7 Å². The van der Waals surface area contributed by atoms with Crippen molar-refractivity contribution in [3.05, 3.63) is 95.3 Å². The molecule has 0 aromatic heterocycles. The summed E-state index contributed by atoms with van der Waals surface area (Å²) in [4.78, 5) is 11.0. The Bertz CT molecular complexity index is 895. The Hall–Kier alpha value is -2.74. The van der Waals surface area contributed by atoms with Gasteiger partial charge in [-0.25, -0.2) is 4.39 Å². The van der Waals surface area contributed by atoms with E-state index in [2.05, 4.69) is 30.3 Å². The Balaban J connectivity index is 1.92. The molecule has 0 aliphatic heterocycles. The molecule has 130 valence electrons. The Kier molecular flexibility index (Phi) is 4.42. The lowest BCUT2D eigenvalue weighted by atomic mass is 9.72. The Labute approximate surface area is 153 Å². The lowest BCUT2D eigenvalue weighted by Gasteiger charge is -2.31. The third-order valence-corrected chi connectivity index (χ3v) is 5.65. The Morgan fingerprint density at radius 3 is 2.23 bits per heavy atom. The monoisotopic (exact) mass is 344 g/mol. The van der Waals surface area contributed by atoms with Gasteiger partial charge in [0.1, 0.15) is 12.1 Å². The molecule has 0 heterocycles. The fourth-order valence-corrected chi connectivity index (χ4v) is 4.51. The summed E-state index contributed by atoms with van der Waals surface area (Å²) in [5.74, 6) is -0.236. The minimum atomic E-state index is -0.236. The molecule has 4 rings (SSSR count). The molecule has 0 atom stereocenters. The summed E-state index contributed by atoms with van der Waals surface area (Å²) in [6.45, 7) is 0. The third-order valence-electron chi connectivity index (χ3n) is 5.65. The third kappa shape index (κ3) is 2.76. The first-order valence-corrected chi connectivity index (χ1v) is 9.15. The summed E-state index contributed by atoms with van der Waals surface area (Å²) in [5.41, 5.74) is 5.78. The van der Waals surface area contributed by atoms with Gasteiger partial charge in [0.25, 0.3) is 0 Å². The maximum atomic E-state index is 13.4. The second-order valence-corrected chi connectivity index (χ2v) is 7.04. The van der Waals surface area contributed by atoms with Gasteiger partial charge in [-0.1, -0.05) is 61.4 Å². The predicted octanol–water partition coefficient (Wildman–Crippen LogP) is 5.99. The summed E-state index contributed by atoms with van der Waals surface area (Å²) in [5, 5.41) is 0. The number of benzene rings is 2. The highest BCUT2D eigenvalue weighted by Gasteiger charge is 2.44. The number of carbonyl (C=O) groups is 1. The average Bonchev–Trinajstić information content (AvgIpc) is 3.28. The molecule has 2 heteroatoms. The number of aldehydes is 1. The van der Waals surface area contributed by atoms with Crippen LogP contribution in [-0.2, 0) is 4.79 Å². The van der Waals surface area contributed by atoms with Crippen molar-refractivity contribution in [3.63, 3.8) is 0 Å². The maximum Gasteiger partial charge on any atom is 0.142 e. The second-order valence-electron chi connectivity index (χ2n) is 7.04. The summed E-state index contributed by atoms with van der Waals surface area (Å²) in [6, 6.07) is 17.1. The standard InChI is InChI=1S/C24H21FO/c25-20-12-10-18(11-13-20)21-17-23(19-7-2-1-3-8-19)24(14-4-5-15-24)22(21)9-6-16-26/h1-3,6-13,16-17H,4-5,14-15H2. The molecule has 2 aromatic rings. The van der Waals surface area contributed by atoms with Crippen molar-refractivity contribution in [1.29, 1.82) is 0 Å². The number of allylic oxidation sites excluding steroid dienone is 6. The van der Waals surface area contributed by atoms with E-state index in [9.17, 15) is 9.18 Å². The van der Waals surface area contributed by atoms with E-state index >= 15 is 0 Å². The van der Waals surface area contributed by atoms with Crippen molar-refractivity contribution in [1.82, 2.24) is 0 Å². The number of hydrogen-bond acceptors (Lipinski definition) is 1. The van der Waals surface area contributed by atoms with E-state index in [1.807, 2.05) is 24.3 Å². The van der Waals surface area contributed by atoms with Gasteiger partial charge in [0, 0.05) is 5.41 Å². The van der Waals surface area contributed by atoms with Gasteiger partial charge in [-0.2, -0.15) is 0 Å². The molecule has 1 nitrogen and oxygen atoms in total. The minimum absolute atomic E-state index is 0.0510. The zero-order valence-corrected chi connectivity index (χ0v) is 14.6. The molecule has 2 aromatic carbocycles. The van der Waals surface area contributed by atoms with Gasteiger partial charge >= 0.3 is 0 Å². The highest BCUT2D eigenvalue weighted by Crippen LogP contribution is 2.59. The summed E-state index contributed by atoms with van der Waals surface area (Å²) in [6.07, 6.45) is 11.1. The van der Waals surface area contributed by atoms with Crippen LogP contribution in [0.3, 0.4) is 0 Å². The molecule has 1 fully saturated rings. The lowest BCUT2D eigenvalue weighted by Crippen LogP contribution is -2.18. The summed E-state index contributed by atoms with van der Waals surface area (Å²) < 4.78 is 13.4. The van der Waals surface area contributed by atoms with Crippen molar-refractivity contribution < 1.29 is 9.18 Å². The average molecular weight is 344 g/mol. The van der Waals surface area contributed by atoms with Crippen LogP contribution in [0.4, 0.5) is 4.39 Å². The van der Waals surface area contributed by atoms with Crippen LogP contribution in [0, 0.1) is 11.2 Å². The first-order valence-electron chi connectivity index (χ1n) is 9.15. The van der Waals surface area contributed by atoms with E-state index < -0.39 is 0 Å². The van der Waals surface area contributed by atoms with Gasteiger partial charge < -0.3 is 0 Å². The van der Waals surface area contributed by atoms with Crippen molar-refractivity contribution in [2.75, 3.05) is 0 Å². The molecular weight excluding hydrogens is 323 g/mol. The largest absolute Gasteiger partial charge is 0.299 e. The van der Waals surface area contributed by atoms with E-state index in [-0.39, 0.29) is 11.2 Å². The fourth-order valence-electron chi connectivity index (χ4n) is 4.51. The molecule has 0 radical (unpaired) electrons. The highest BCUT2D eigenvalue weighted by molar-refractivity contribution is 5.97. The van der Waals surface area contributed by atoms with E-state index in [1.54, 1.807) is 6.08 Å². The summed E-state index contributed by atoms with van der Waals surface area (Å²) >= 11 is 0. The molecule has 0 unspecified atom stereocenters.